The first-order valence-electron chi connectivity index (χ1n) is 9.19. The van der Waals surface area contributed by atoms with E-state index in [1.54, 1.807) is 6.07 Å². The lowest BCUT2D eigenvalue weighted by Gasteiger charge is -2.30. The molecule has 6 N–H and O–H groups in total. The normalized spacial score (nSPS) is 19.1. The molecule has 150 valence electrons. The molecule has 2 heterocycles. The fourth-order valence-corrected chi connectivity index (χ4v) is 3.37. The van der Waals surface area contributed by atoms with Crippen molar-refractivity contribution in [3.05, 3.63) is 35.3 Å². The van der Waals surface area contributed by atoms with Gasteiger partial charge in [-0.2, -0.15) is 0 Å². The van der Waals surface area contributed by atoms with Gasteiger partial charge in [-0.15, -0.1) is 0 Å². The molecule has 28 heavy (non-hydrogen) atoms. The van der Waals surface area contributed by atoms with Crippen molar-refractivity contribution in [3.63, 3.8) is 0 Å². The zero-order chi connectivity index (χ0) is 20.3. The zero-order valence-electron chi connectivity index (χ0n) is 16.0. The van der Waals surface area contributed by atoms with Gasteiger partial charge in [-0.1, -0.05) is 12.8 Å². The summed E-state index contributed by atoms with van der Waals surface area (Å²) < 4.78 is 19.7. The van der Waals surface area contributed by atoms with Gasteiger partial charge in [-0.3, -0.25) is 4.79 Å². The van der Waals surface area contributed by atoms with E-state index in [0.717, 1.165) is 37.3 Å². The highest BCUT2D eigenvalue weighted by molar-refractivity contribution is 5.98. The van der Waals surface area contributed by atoms with E-state index in [1.165, 1.54) is 13.3 Å². The Morgan fingerprint density at radius 1 is 1.29 bits per heavy atom. The first kappa shape index (κ1) is 19.8. The summed E-state index contributed by atoms with van der Waals surface area (Å²) in [7, 11) is 1.53. The number of hydrogen-bond acceptors (Lipinski definition) is 7. The van der Waals surface area contributed by atoms with Gasteiger partial charge in [-0.25, -0.2) is 14.4 Å². The minimum atomic E-state index is -0.784. The largest absolute Gasteiger partial charge is 0.481 e. The minimum Gasteiger partial charge on any atom is -0.481 e. The third kappa shape index (κ3) is 4.30. The van der Waals surface area contributed by atoms with E-state index in [4.69, 9.17) is 16.2 Å². The number of nitrogens with zero attached hydrogens (tertiary/aromatic N) is 2. The molecule has 2 aromatic rings. The molecule has 2 atom stereocenters. The highest BCUT2D eigenvalue weighted by atomic mass is 19.1. The second-order valence-electron chi connectivity index (χ2n) is 6.95. The molecule has 3 rings (SSSR count). The quantitative estimate of drug-likeness (QED) is 0.598. The number of carbonyl (C=O) groups is 1. The molecule has 9 heteroatoms. The molecule has 8 nitrogen and oxygen atoms in total. The summed E-state index contributed by atoms with van der Waals surface area (Å²) >= 11 is 0. The van der Waals surface area contributed by atoms with E-state index in [0.29, 0.717) is 11.6 Å². The van der Waals surface area contributed by atoms with E-state index in [2.05, 4.69) is 20.6 Å². The van der Waals surface area contributed by atoms with Crippen molar-refractivity contribution >= 4 is 23.2 Å². The number of aromatic nitrogens is 2. The minimum absolute atomic E-state index is 0.0352. The van der Waals surface area contributed by atoms with Gasteiger partial charge in [0.2, 0.25) is 5.88 Å². The van der Waals surface area contributed by atoms with Crippen molar-refractivity contribution in [3.8, 4) is 5.88 Å². The van der Waals surface area contributed by atoms with E-state index >= 15 is 0 Å². The highest BCUT2D eigenvalue weighted by Crippen LogP contribution is 2.27. The molecule has 0 bridgehead atoms. The van der Waals surface area contributed by atoms with Crippen LogP contribution in [0.3, 0.4) is 0 Å². The number of nitrogens with two attached hydrogens (primary N) is 2. The second-order valence-corrected chi connectivity index (χ2v) is 6.95. The maximum atomic E-state index is 14.5. The topological polar surface area (TPSA) is 128 Å². The summed E-state index contributed by atoms with van der Waals surface area (Å²) in [5.74, 6) is -0.768. The monoisotopic (exact) mass is 388 g/mol. The standard InChI is InChI=1S/C19H25FN6O2/c1-10-7-11(9-23-19(10)28-2)24-17-12(16(22)27)8-13(20)18(26-17)25-15-6-4-3-5-14(15)21/h7-9,14-15H,3-6,21H2,1-2H3,(H2,22,27)(H2,24,25,26)/t14-,15+/m0/s1. The maximum Gasteiger partial charge on any atom is 0.252 e. The van der Waals surface area contributed by atoms with Gasteiger partial charge < -0.3 is 26.8 Å². The average Bonchev–Trinajstić information content (AvgIpc) is 2.66. The molecule has 1 aliphatic carbocycles. The molecule has 0 radical (unpaired) electrons. The van der Waals surface area contributed by atoms with Crippen molar-refractivity contribution in [2.45, 2.75) is 44.7 Å². The SMILES string of the molecule is COc1ncc(Nc2nc(N[C@@H]3CCCC[C@@H]3N)c(F)cc2C(N)=O)cc1C. The van der Waals surface area contributed by atoms with Crippen molar-refractivity contribution in [1.29, 1.82) is 0 Å². The molecule has 0 aliphatic heterocycles. The van der Waals surface area contributed by atoms with Gasteiger partial charge in [0.15, 0.2) is 11.6 Å². The first-order valence-corrected chi connectivity index (χ1v) is 9.19. The lowest BCUT2D eigenvalue weighted by Crippen LogP contribution is -2.43. The summed E-state index contributed by atoms with van der Waals surface area (Å²) in [6.07, 6.45) is 5.33. The average molecular weight is 388 g/mol. The summed E-state index contributed by atoms with van der Waals surface area (Å²) in [6, 6.07) is 2.72. The molecule has 1 fully saturated rings. The van der Waals surface area contributed by atoms with Crippen LogP contribution in [0.5, 0.6) is 5.88 Å². The Labute approximate surface area is 162 Å². The molecular formula is C19H25FN6O2. The van der Waals surface area contributed by atoms with Crippen LogP contribution in [0.15, 0.2) is 18.3 Å². The van der Waals surface area contributed by atoms with Crippen LogP contribution in [0.4, 0.5) is 21.7 Å². The molecule has 0 unspecified atom stereocenters. The summed E-state index contributed by atoms with van der Waals surface area (Å²) in [6.45, 7) is 1.83. The van der Waals surface area contributed by atoms with Gasteiger partial charge >= 0.3 is 0 Å². The molecule has 1 aliphatic rings. The summed E-state index contributed by atoms with van der Waals surface area (Å²) in [5.41, 5.74) is 12.9. The van der Waals surface area contributed by atoms with Crippen LogP contribution in [0.2, 0.25) is 0 Å². The number of methoxy groups -OCH3 is 1. The molecular weight excluding hydrogens is 363 g/mol. The second kappa shape index (κ2) is 8.39. The Balaban J connectivity index is 1.92. The van der Waals surface area contributed by atoms with Crippen molar-refractivity contribution in [1.82, 2.24) is 9.97 Å². The molecule has 0 saturated heterocycles. The Bertz CT molecular complexity index is 876. The van der Waals surface area contributed by atoms with Crippen LogP contribution < -0.4 is 26.8 Å². The Kier molecular flexibility index (Phi) is 5.93. The number of amides is 1. The molecule has 0 spiro atoms. The fraction of sp³-hybridized carbons (Fsp3) is 0.421. The van der Waals surface area contributed by atoms with Gasteiger partial charge in [-0.05, 0) is 31.9 Å². The Morgan fingerprint density at radius 3 is 2.68 bits per heavy atom. The van der Waals surface area contributed by atoms with Gasteiger partial charge in [0.1, 0.15) is 5.82 Å². The molecule has 0 aromatic carbocycles. The molecule has 2 aromatic heterocycles. The van der Waals surface area contributed by atoms with E-state index in [9.17, 15) is 9.18 Å². The molecule has 1 saturated carbocycles. The third-order valence-electron chi connectivity index (χ3n) is 4.87. The van der Waals surface area contributed by atoms with Gasteiger partial charge in [0.25, 0.3) is 5.91 Å². The van der Waals surface area contributed by atoms with Crippen LogP contribution >= 0.6 is 0 Å². The number of rotatable bonds is 6. The third-order valence-corrected chi connectivity index (χ3v) is 4.87. The van der Waals surface area contributed by atoms with E-state index in [-0.39, 0.29) is 29.3 Å². The predicted octanol–water partition coefficient (Wildman–Crippen LogP) is 2.46. The van der Waals surface area contributed by atoms with Crippen molar-refractivity contribution in [2.75, 3.05) is 17.7 Å². The maximum absolute atomic E-state index is 14.5. The van der Waals surface area contributed by atoms with Crippen molar-refractivity contribution in [2.24, 2.45) is 11.5 Å². The van der Waals surface area contributed by atoms with Gasteiger partial charge in [0.05, 0.1) is 24.6 Å². The Hall–Kier alpha value is -2.94. The lowest BCUT2D eigenvalue weighted by molar-refractivity contribution is 0.100. The zero-order valence-corrected chi connectivity index (χ0v) is 16.0. The predicted molar refractivity (Wildman–Crippen MR) is 105 cm³/mol. The smallest absolute Gasteiger partial charge is 0.252 e. The number of hydrogen-bond donors (Lipinski definition) is 4. The fourth-order valence-electron chi connectivity index (χ4n) is 3.37. The highest BCUT2D eigenvalue weighted by Gasteiger charge is 2.24. The first-order chi connectivity index (χ1) is 13.4. The lowest BCUT2D eigenvalue weighted by atomic mass is 9.91. The van der Waals surface area contributed by atoms with Crippen LogP contribution in [-0.4, -0.2) is 35.1 Å². The number of aryl methyl sites for hydroxylation is 1. The number of pyridine rings is 2. The number of carbonyl (C=O) groups excluding carboxylic acids is 1. The van der Waals surface area contributed by atoms with Crippen LogP contribution in [0, 0.1) is 12.7 Å². The van der Waals surface area contributed by atoms with Crippen LogP contribution in [0.25, 0.3) is 0 Å². The van der Waals surface area contributed by atoms with Crippen molar-refractivity contribution < 1.29 is 13.9 Å². The van der Waals surface area contributed by atoms with E-state index < -0.39 is 11.7 Å². The molecule has 1 amide bonds. The van der Waals surface area contributed by atoms with Crippen LogP contribution in [0.1, 0.15) is 41.6 Å². The Morgan fingerprint density at radius 2 is 2.04 bits per heavy atom. The number of primary amides is 1. The van der Waals surface area contributed by atoms with E-state index in [1.807, 2.05) is 6.92 Å². The summed E-state index contributed by atoms with van der Waals surface area (Å²) in [4.78, 5) is 20.2. The van der Waals surface area contributed by atoms with Crippen LogP contribution in [-0.2, 0) is 0 Å². The number of halogens is 1. The number of nitrogens with one attached hydrogen (secondary N) is 2. The summed E-state index contributed by atoms with van der Waals surface area (Å²) in [5, 5.41) is 6.08. The number of ether oxygens (including phenoxy) is 1. The van der Waals surface area contributed by atoms with Gasteiger partial charge in [0, 0.05) is 17.6 Å². The number of anilines is 3.